The molecule has 0 radical (unpaired) electrons. The number of carbonyl (C=O) groups excluding carboxylic acids is 1. The summed E-state index contributed by atoms with van der Waals surface area (Å²) < 4.78 is 0. The van der Waals surface area contributed by atoms with E-state index < -0.39 is 0 Å². The Morgan fingerprint density at radius 1 is 1.20 bits per heavy atom. The fourth-order valence-corrected chi connectivity index (χ4v) is 1.15. The Labute approximate surface area is 92.9 Å². The van der Waals surface area contributed by atoms with Crippen molar-refractivity contribution in [3.63, 3.8) is 0 Å². The fraction of sp³-hybridized carbons (Fsp3) is 0.909. The summed E-state index contributed by atoms with van der Waals surface area (Å²) >= 11 is 0. The van der Waals surface area contributed by atoms with Crippen LogP contribution in [0.5, 0.6) is 0 Å². The Balaban J connectivity index is 3.63. The first kappa shape index (κ1) is 14.2. The maximum atomic E-state index is 11.5. The highest BCUT2D eigenvalue weighted by Gasteiger charge is 2.09. The smallest absolute Gasteiger partial charge is 0.323 e. The summed E-state index contributed by atoms with van der Waals surface area (Å²) in [6.07, 6.45) is 4.18. The van der Waals surface area contributed by atoms with Gasteiger partial charge in [0.1, 0.15) is 0 Å². The lowest BCUT2D eigenvalue weighted by Gasteiger charge is -2.20. The number of unbranched alkanes of at least 4 members (excludes halogenated alkanes) is 2. The van der Waals surface area contributed by atoms with E-state index in [1.54, 1.807) is 4.90 Å². The molecule has 0 fully saturated rings. The lowest BCUT2D eigenvalue weighted by molar-refractivity contribution is 0.0463. The molecule has 0 unspecified atom stereocenters. The number of rotatable bonds is 8. The minimum Gasteiger partial charge on any atom is -0.323 e. The van der Waals surface area contributed by atoms with Crippen LogP contribution in [0.1, 0.15) is 46.5 Å². The Bertz CT molecular complexity index is 163. The average molecular weight is 216 g/mol. The first-order valence-corrected chi connectivity index (χ1v) is 5.92. The highest BCUT2D eigenvalue weighted by molar-refractivity contribution is 5.72. The van der Waals surface area contributed by atoms with Crippen molar-refractivity contribution in [2.45, 2.75) is 46.5 Å². The lowest BCUT2D eigenvalue weighted by atomic mass is 10.3. The standard InChI is InChI=1S/C11H24N2O2/c1-4-7-9-13(6-3)11(14)12-15-10-8-5-2/h4-10H2,1-3H3,(H,12,14). The number of urea groups is 1. The summed E-state index contributed by atoms with van der Waals surface area (Å²) in [5, 5.41) is 0. The van der Waals surface area contributed by atoms with E-state index in [9.17, 15) is 4.79 Å². The SMILES string of the molecule is CCCCONC(=O)N(CC)CCCC. The van der Waals surface area contributed by atoms with E-state index in [2.05, 4.69) is 19.3 Å². The van der Waals surface area contributed by atoms with Crippen molar-refractivity contribution >= 4 is 6.03 Å². The second-order valence-corrected chi connectivity index (χ2v) is 3.54. The zero-order valence-corrected chi connectivity index (χ0v) is 10.2. The molecule has 0 saturated carbocycles. The molecule has 0 aromatic heterocycles. The first-order valence-electron chi connectivity index (χ1n) is 5.92. The van der Waals surface area contributed by atoms with E-state index >= 15 is 0 Å². The Hall–Kier alpha value is -0.770. The topological polar surface area (TPSA) is 41.6 Å². The molecule has 4 nitrogen and oxygen atoms in total. The summed E-state index contributed by atoms with van der Waals surface area (Å²) in [5.41, 5.74) is 2.46. The van der Waals surface area contributed by atoms with Crippen LogP contribution in [0.3, 0.4) is 0 Å². The van der Waals surface area contributed by atoms with Crippen LogP contribution in [0, 0.1) is 0 Å². The van der Waals surface area contributed by atoms with Crippen LogP contribution >= 0.6 is 0 Å². The maximum absolute atomic E-state index is 11.5. The van der Waals surface area contributed by atoms with Crippen molar-refractivity contribution in [1.29, 1.82) is 0 Å². The van der Waals surface area contributed by atoms with Gasteiger partial charge in [0.25, 0.3) is 0 Å². The molecule has 0 aromatic rings. The van der Waals surface area contributed by atoms with Crippen LogP contribution in [0.25, 0.3) is 0 Å². The zero-order valence-electron chi connectivity index (χ0n) is 10.2. The number of nitrogens with one attached hydrogen (secondary N) is 1. The predicted octanol–water partition coefficient (Wildman–Crippen LogP) is 2.55. The minimum absolute atomic E-state index is 0.123. The number of hydrogen-bond donors (Lipinski definition) is 1. The highest BCUT2D eigenvalue weighted by Crippen LogP contribution is 1.95. The quantitative estimate of drug-likeness (QED) is 0.500. The van der Waals surface area contributed by atoms with E-state index in [0.29, 0.717) is 6.61 Å². The molecule has 0 spiro atoms. The van der Waals surface area contributed by atoms with Crippen LogP contribution in [-0.4, -0.2) is 30.6 Å². The van der Waals surface area contributed by atoms with Crippen LogP contribution < -0.4 is 5.48 Å². The minimum atomic E-state index is -0.123. The molecular weight excluding hydrogens is 192 g/mol. The predicted molar refractivity (Wildman–Crippen MR) is 61.5 cm³/mol. The fourth-order valence-electron chi connectivity index (χ4n) is 1.15. The third-order valence-electron chi connectivity index (χ3n) is 2.21. The molecule has 0 saturated heterocycles. The van der Waals surface area contributed by atoms with E-state index in [-0.39, 0.29) is 6.03 Å². The number of carbonyl (C=O) groups is 1. The van der Waals surface area contributed by atoms with Crippen molar-refractivity contribution in [3.05, 3.63) is 0 Å². The van der Waals surface area contributed by atoms with Crippen molar-refractivity contribution in [3.8, 4) is 0 Å². The van der Waals surface area contributed by atoms with Crippen LogP contribution in [0.4, 0.5) is 4.79 Å². The summed E-state index contributed by atoms with van der Waals surface area (Å²) in [6, 6.07) is -0.123. The van der Waals surface area contributed by atoms with Gasteiger partial charge in [-0.05, 0) is 19.8 Å². The molecule has 1 N–H and O–H groups in total. The first-order chi connectivity index (χ1) is 7.26. The van der Waals surface area contributed by atoms with Gasteiger partial charge in [0.15, 0.2) is 0 Å². The van der Waals surface area contributed by atoms with Crippen molar-refractivity contribution < 1.29 is 9.63 Å². The normalized spacial score (nSPS) is 10.1. The second kappa shape index (κ2) is 9.77. The summed E-state index contributed by atoms with van der Waals surface area (Å²) in [7, 11) is 0. The molecule has 0 aliphatic carbocycles. The molecule has 4 heteroatoms. The molecule has 0 aliphatic rings. The number of nitrogens with zero attached hydrogens (tertiary/aromatic N) is 1. The number of hydrogen-bond acceptors (Lipinski definition) is 2. The molecule has 0 atom stereocenters. The molecule has 0 heterocycles. The Morgan fingerprint density at radius 3 is 2.40 bits per heavy atom. The second-order valence-electron chi connectivity index (χ2n) is 3.54. The molecular formula is C11H24N2O2. The van der Waals surface area contributed by atoms with Crippen LogP contribution in [-0.2, 0) is 4.84 Å². The monoisotopic (exact) mass is 216 g/mol. The summed E-state index contributed by atoms with van der Waals surface area (Å²) in [4.78, 5) is 18.3. The van der Waals surface area contributed by atoms with Gasteiger partial charge >= 0.3 is 6.03 Å². The molecule has 0 rings (SSSR count). The summed E-state index contributed by atoms with van der Waals surface area (Å²) in [5.74, 6) is 0. The molecule has 0 aliphatic heterocycles. The van der Waals surface area contributed by atoms with Crippen molar-refractivity contribution in [2.24, 2.45) is 0 Å². The van der Waals surface area contributed by atoms with Crippen molar-refractivity contribution in [1.82, 2.24) is 10.4 Å². The van der Waals surface area contributed by atoms with E-state index in [1.165, 1.54) is 0 Å². The van der Waals surface area contributed by atoms with Gasteiger partial charge in [-0.25, -0.2) is 10.3 Å². The van der Waals surface area contributed by atoms with Crippen LogP contribution in [0.2, 0.25) is 0 Å². The third-order valence-corrected chi connectivity index (χ3v) is 2.21. The van der Waals surface area contributed by atoms with Gasteiger partial charge in [0.05, 0.1) is 6.61 Å². The number of amides is 2. The van der Waals surface area contributed by atoms with Crippen LogP contribution in [0.15, 0.2) is 0 Å². The molecule has 90 valence electrons. The third kappa shape index (κ3) is 7.19. The zero-order chi connectivity index (χ0) is 11.5. The van der Waals surface area contributed by atoms with Gasteiger partial charge in [-0.15, -0.1) is 0 Å². The van der Waals surface area contributed by atoms with Crippen molar-refractivity contribution in [2.75, 3.05) is 19.7 Å². The van der Waals surface area contributed by atoms with Gasteiger partial charge < -0.3 is 4.90 Å². The van der Waals surface area contributed by atoms with Gasteiger partial charge in [-0.1, -0.05) is 26.7 Å². The van der Waals surface area contributed by atoms with Gasteiger partial charge in [0, 0.05) is 13.1 Å². The summed E-state index contributed by atoms with van der Waals surface area (Å²) in [6.45, 7) is 8.29. The molecule has 2 amide bonds. The van der Waals surface area contributed by atoms with Gasteiger partial charge in [-0.2, -0.15) is 0 Å². The van der Waals surface area contributed by atoms with E-state index in [1.807, 2.05) is 6.92 Å². The molecule has 0 bridgehead atoms. The lowest BCUT2D eigenvalue weighted by Crippen LogP contribution is -2.40. The van der Waals surface area contributed by atoms with E-state index in [0.717, 1.165) is 38.8 Å². The van der Waals surface area contributed by atoms with Gasteiger partial charge in [-0.3, -0.25) is 4.84 Å². The number of hydroxylamine groups is 1. The Kier molecular flexibility index (Phi) is 9.27. The van der Waals surface area contributed by atoms with Gasteiger partial charge in [0.2, 0.25) is 0 Å². The molecule has 15 heavy (non-hydrogen) atoms. The average Bonchev–Trinajstić information content (AvgIpc) is 2.25. The molecule has 0 aromatic carbocycles. The highest BCUT2D eigenvalue weighted by atomic mass is 16.7. The largest absolute Gasteiger partial charge is 0.341 e. The Morgan fingerprint density at radius 2 is 1.87 bits per heavy atom. The maximum Gasteiger partial charge on any atom is 0.341 e. The van der Waals surface area contributed by atoms with E-state index in [4.69, 9.17) is 4.84 Å².